The molecule has 0 atom stereocenters. The summed E-state index contributed by atoms with van der Waals surface area (Å²) in [6.07, 6.45) is 3.84. The zero-order chi connectivity index (χ0) is 40.7. The maximum absolute atomic E-state index is 5.19. The second kappa shape index (κ2) is 13.6. The summed E-state index contributed by atoms with van der Waals surface area (Å²) in [5, 5.41) is 9.45. The van der Waals surface area contributed by atoms with E-state index in [1.54, 1.807) is 0 Å². The Hall–Kier alpha value is -8.41. The molecule has 0 bridgehead atoms. The van der Waals surface area contributed by atoms with Gasteiger partial charge in [0.2, 0.25) is 0 Å². The number of hydrogen-bond donors (Lipinski definition) is 0. The maximum atomic E-state index is 5.19. The van der Waals surface area contributed by atoms with Crippen LogP contribution in [-0.4, -0.2) is 24.1 Å². The third-order valence-electron chi connectivity index (χ3n) is 12.5. The van der Waals surface area contributed by atoms with Crippen LogP contribution in [0.4, 0.5) is 0 Å². The SMILES string of the molecule is c1ccc(-c2ccnc(-n3c4cc(-c5ccccc5)ccc4c4ccc(-n5c6cc(-c7cnc8cc9ccccc9cc8n7)ccc6c6cc7ccccc7cc65)cc43)c2)cc1. The highest BCUT2D eigenvalue weighted by atomic mass is 15.1. The molecular formula is C57H35N5. The van der Waals surface area contributed by atoms with Crippen LogP contribution in [0.5, 0.6) is 0 Å². The van der Waals surface area contributed by atoms with E-state index in [0.717, 1.165) is 83.3 Å². The van der Waals surface area contributed by atoms with E-state index in [1.165, 1.54) is 37.9 Å². The molecule has 9 aromatic carbocycles. The Balaban J connectivity index is 1.07. The monoisotopic (exact) mass is 789 g/mol. The van der Waals surface area contributed by atoms with Crippen molar-refractivity contribution in [1.82, 2.24) is 24.1 Å². The summed E-state index contributed by atoms with van der Waals surface area (Å²) in [5.41, 5.74) is 13.7. The molecule has 0 fully saturated rings. The fourth-order valence-electron chi connectivity index (χ4n) is 9.53. The van der Waals surface area contributed by atoms with Gasteiger partial charge in [0, 0.05) is 39.0 Å². The number of aromatic nitrogens is 5. The highest BCUT2D eigenvalue weighted by Crippen LogP contribution is 2.40. The van der Waals surface area contributed by atoms with Gasteiger partial charge >= 0.3 is 0 Å². The minimum atomic E-state index is 0.839. The van der Waals surface area contributed by atoms with E-state index in [0.29, 0.717) is 0 Å². The fourth-order valence-corrected chi connectivity index (χ4v) is 9.53. The van der Waals surface area contributed by atoms with Crippen LogP contribution in [0.3, 0.4) is 0 Å². The molecule has 62 heavy (non-hydrogen) atoms. The number of rotatable bonds is 5. The van der Waals surface area contributed by atoms with Crippen molar-refractivity contribution >= 4 is 76.2 Å². The number of nitrogens with zero attached hydrogens (tertiary/aromatic N) is 5. The standard InChI is InChI=1S/C57H35N5/c1-3-11-36(12-4-1)42-19-22-46-47-24-21-45(34-56(47)62(54(46)31-42)57-33-43(25-26-58-57)37-13-5-2-6-14-37)61-53-32-44(20-23-48(53)49-27-38-15-7-10-18-41(38)30-55(49)61)52-35-59-50-28-39-16-8-9-17-40(39)29-51(50)60-52/h1-35H. The number of hydrogen-bond acceptors (Lipinski definition) is 3. The Labute approximate surface area is 356 Å². The van der Waals surface area contributed by atoms with Gasteiger partial charge in [-0.05, 0) is 104 Å². The van der Waals surface area contributed by atoms with Gasteiger partial charge in [-0.3, -0.25) is 9.55 Å². The predicted molar refractivity (Wildman–Crippen MR) is 257 cm³/mol. The van der Waals surface area contributed by atoms with Gasteiger partial charge in [-0.2, -0.15) is 0 Å². The van der Waals surface area contributed by atoms with Crippen LogP contribution in [0.1, 0.15) is 0 Å². The van der Waals surface area contributed by atoms with Crippen molar-refractivity contribution in [1.29, 1.82) is 0 Å². The fraction of sp³-hybridized carbons (Fsp3) is 0. The summed E-state index contributed by atoms with van der Waals surface area (Å²) in [4.78, 5) is 15.2. The largest absolute Gasteiger partial charge is 0.309 e. The van der Waals surface area contributed by atoms with Crippen LogP contribution in [-0.2, 0) is 0 Å². The van der Waals surface area contributed by atoms with Crippen molar-refractivity contribution in [2.24, 2.45) is 0 Å². The van der Waals surface area contributed by atoms with E-state index >= 15 is 0 Å². The van der Waals surface area contributed by atoms with Gasteiger partial charge in [0.15, 0.2) is 0 Å². The van der Waals surface area contributed by atoms with Crippen LogP contribution in [0.25, 0.3) is 121 Å². The van der Waals surface area contributed by atoms with Crippen molar-refractivity contribution < 1.29 is 0 Å². The Morgan fingerprint density at radius 2 is 0.855 bits per heavy atom. The Kier molecular flexibility index (Phi) is 7.54. The minimum absolute atomic E-state index is 0.839. The molecule has 4 heterocycles. The molecule has 0 aliphatic heterocycles. The van der Waals surface area contributed by atoms with E-state index in [-0.39, 0.29) is 0 Å². The second-order valence-corrected chi connectivity index (χ2v) is 16.1. The van der Waals surface area contributed by atoms with Gasteiger partial charge in [-0.1, -0.05) is 140 Å². The molecule has 0 aliphatic rings. The van der Waals surface area contributed by atoms with Crippen LogP contribution in [0.2, 0.25) is 0 Å². The third kappa shape index (κ3) is 5.45. The topological polar surface area (TPSA) is 48.5 Å². The lowest BCUT2D eigenvalue weighted by Gasteiger charge is -2.13. The van der Waals surface area contributed by atoms with E-state index in [9.17, 15) is 0 Å². The zero-order valence-corrected chi connectivity index (χ0v) is 33.4. The lowest BCUT2D eigenvalue weighted by atomic mass is 10.0. The average molecular weight is 790 g/mol. The highest BCUT2D eigenvalue weighted by Gasteiger charge is 2.20. The van der Waals surface area contributed by atoms with Crippen molar-refractivity contribution in [3.05, 3.63) is 213 Å². The second-order valence-electron chi connectivity index (χ2n) is 16.1. The molecule has 0 radical (unpaired) electrons. The average Bonchev–Trinajstić information content (AvgIpc) is 3.83. The molecule has 13 rings (SSSR count). The summed E-state index contributed by atoms with van der Waals surface area (Å²) in [6, 6.07) is 71.9. The molecule has 4 aromatic heterocycles. The van der Waals surface area contributed by atoms with Gasteiger partial charge in [0.25, 0.3) is 0 Å². The molecule has 0 spiro atoms. The van der Waals surface area contributed by atoms with Gasteiger partial charge in [-0.15, -0.1) is 0 Å². The quantitative estimate of drug-likeness (QED) is 0.163. The number of fused-ring (bicyclic) bond motifs is 9. The van der Waals surface area contributed by atoms with Gasteiger partial charge in [0.05, 0.1) is 45.0 Å². The molecule has 0 N–H and O–H groups in total. The van der Waals surface area contributed by atoms with E-state index in [4.69, 9.17) is 15.0 Å². The van der Waals surface area contributed by atoms with Crippen LogP contribution >= 0.6 is 0 Å². The van der Waals surface area contributed by atoms with Crippen LogP contribution < -0.4 is 0 Å². The molecule has 0 unspecified atom stereocenters. The summed E-state index contributed by atoms with van der Waals surface area (Å²) in [6.45, 7) is 0. The van der Waals surface area contributed by atoms with Crippen LogP contribution in [0.15, 0.2) is 213 Å². The molecule has 0 amide bonds. The summed E-state index contributed by atoms with van der Waals surface area (Å²) in [5.74, 6) is 0.867. The van der Waals surface area contributed by atoms with E-state index < -0.39 is 0 Å². The molecular weight excluding hydrogens is 755 g/mol. The normalized spacial score (nSPS) is 11.9. The van der Waals surface area contributed by atoms with E-state index in [2.05, 4.69) is 209 Å². The maximum Gasteiger partial charge on any atom is 0.138 e. The van der Waals surface area contributed by atoms with E-state index in [1.807, 2.05) is 12.4 Å². The summed E-state index contributed by atoms with van der Waals surface area (Å²) >= 11 is 0. The molecule has 13 aromatic rings. The first kappa shape index (κ1) is 34.5. The third-order valence-corrected chi connectivity index (χ3v) is 12.5. The summed E-state index contributed by atoms with van der Waals surface area (Å²) < 4.78 is 4.77. The first-order chi connectivity index (χ1) is 30.7. The van der Waals surface area contributed by atoms with Crippen LogP contribution in [0, 0.1) is 0 Å². The first-order valence-corrected chi connectivity index (χ1v) is 21.0. The van der Waals surface area contributed by atoms with Gasteiger partial charge in [-0.25, -0.2) is 9.97 Å². The van der Waals surface area contributed by atoms with Crippen molar-refractivity contribution in [2.75, 3.05) is 0 Å². The summed E-state index contributed by atoms with van der Waals surface area (Å²) in [7, 11) is 0. The number of pyridine rings is 1. The first-order valence-electron chi connectivity index (χ1n) is 21.0. The molecule has 0 saturated heterocycles. The molecule has 0 saturated carbocycles. The minimum Gasteiger partial charge on any atom is -0.309 e. The van der Waals surface area contributed by atoms with Crippen molar-refractivity contribution in [2.45, 2.75) is 0 Å². The Morgan fingerprint density at radius 1 is 0.323 bits per heavy atom. The smallest absolute Gasteiger partial charge is 0.138 e. The predicted octanol–water partition coefficient (Wildman–Crippen LogP) is 14.5. The van der Waals surface area contributed by atoms with Crippen molar-refractivity contribution in [3.8, 4) is 45.0 Å². The van der Waals surface area contributed by atoms with Gasteiger partial charge < -0.3 is 4.57 Å². The highest BCUT2D eigenvalue weighted by molar-refractivity contribution is 6.15. The van der Waals surface area contributed by atoms with Gasteiger partial charge in [0.1, 0.15) is 5.82 Å². The van der Waals surface area contributed by atoms with Crippen molar-refractivity contribution in [3.63, 3.8) is 0 Å². The molecule has 5 nitrogen and oxygen atoms in total. The lowest BCUT2D eigenvalue weighted by molar-refractivity contribution is 1.08. The molecule has 288 valence electrons. The zero-order valence-electron chi connectivity index (χ0n) is 33.4. The molecule has 0 aliphatic carbocycles. The molecule has 5 heteroatoms. The number of benzene rings is 9. The Bertz CT molecular complexity index is 3920. The Morgan fingerprint density at radius 3 is 1.58 bits per heavy atom. The lowest BCUT2D eigenvalue weighted by Crippen LogP contribution is -1.99.